The van der Waals surface area contributed by atoms with E-state index in [9.17, 15) is 4.79 Å². The fourth-order valence-corrected chi connectivity index (χ4v) is 1.70. The standard InChI is InChI=1S/C16H21N3O3/c1-13(2)16(20)22-12-6-4-3-5-11-21-15-9-7-14(8-10-15)18-19-17/h7-10H,1,3-6,11-12H2,2H3. The van der Waals surface area contributed by atoms with Crippen LogP contribution in [0.1, 0.15) is 32.6 Å². The lowest BCUT2D eigenvalue weighted by atomic mass is 10.2. The monoisotopic (exact) mass is 303 g/mol. The van der Waals surface area contributed by atoms with E-state index >= 15 is 0 Å². The summed E-state index contributed by atoms with van der Waals surface area (Å²) < 4.78 is 10.6. The predicted octanol–water partition coefficient (Wildman–Crippen LogP) is 4.69. The van der Waals surface area contributed by atoms with Crippen molar-refractivity contribution < 1.29 is 14.3 Å². The van der Waals surface area contributed by atoms with Crippen LogP contribution in [-0.2, 0) is 9.53 Å². The maximum atomic E-state index is 11.1. The number of esters is 1. The van der Waals surface area contributed by atoms with Gasteiger partial charge in [-0.1, -0.05) is 11.7 Å². The molecule has 0 saturated heterocycles. The lowest BCUT2D eigenvalue weighted by Gasteiger charge is -2.07. The van der Waals surface area contributed by atoms with Gasteiger partial charge in [-0.3, -0.25) is 0 Å². The minimum atomic E-state index is -0.326. The highest BCUT2D eigenvalue weighted by molar-refractivity contribution is 5.86. The summed E-state index contributed by atoms with van der Waals surface area (Å²) >= 11 is 0. The van der Waals surface area contributed by atoms with Gasteiger partial charge in [-0.05, 0) is 62.4 Å². The molecule has 6 nitrogen and oxygen atoms in total. The maximum Gasteiger partial charge on any atom is 0.333 e. The second-order valence-electron chi connectivity index (χ2n) is 4.86. The number of hydrogen-bond donors (Lipinski definition) is 0. The zero-order valence-corrected chi connectivity index (χ0v) is 12.8. The van der Waals surface area contributed by atoms with Crippen molar-refractivity contribution >= 4 is 11.7 Å². The Morgan fingerprint density at radius 2 is 1.82 bits per heavy atom. The van der Waals surface area contributed by atoms with Gasteiger partial charge >= 0.3 is 5.97 Å². The Morgan fingerprint density at radius 3 is 2.41 bits per heavy atom. The summed E-state index contributed by atoms with van der Waals surface area (Å²) in [6.45, 7) is 6.23. The van der Waals surface area contributed by atoms with Crippen LogP contribution in [-0.4, -0.2) is 19.2 Å². The molecule has 1 aromatic rings. The van der Waals surface area contributed by atoms with E-state index in [4.69, 9.17) is 15.0 Å². The third-order valence-electron chi connectivity index (χ3n) is 2.89. The van der Waals surface area contributed by atoms with E-state index in [1.54, 1.807) is 31.2 Å². The molecule has 1 rings (SSSR count). The van der Waals surface area contributed by atoms with E-state index in [0.717, 1.165) is 31.4 Å². The van der Waals surface area contributed by atoms with Crippen molar-refractivity contribution in [1.82, 2.24) is 0 Å². The summed E-state index contributed by atoms with van der Waals surface area (Å²) in [7, 11) is 0. The highest BCUT2D eigenvalue weighted by atomic mass is 16.5. The molecular formula is C16H21N3O3. The quantitative estimate of drug-likeness (QED) is 0.157. The molecule has 0 aliphatic carbocycles. The normalized spacial score (nSPS) is 9.68. The Labute approximate surface area is 130 Å². The van der Waals surface area contributed by atoms with E-state index in [0.29, 0.717) is 24.5 Å². The number of ether oxygens (including phenoxy) is 2. The van der Waals surface area contributed by atoms with Gasteiger partial charge in [-0.2, -0.15) is 0 Å². The topological polar surface area (TPSA) is 84.3 Å². The lowest BCUT2D eigenvalue weighted by molar-refractivity contribution is -0.139. The molecule has 6 heteroatoms. The summed E-state index contributed by atoms with van der Waals surface area (Å²) in [5.74, 6) is 0.430. The number of unbranched alkanes of at least 4 members (excludes halogenated alkanes) is 3. The summed E-state index contributed by atoms with van der Waals surface area (Å²) in [6.07, 6.45) is 3.79. The van der Waals surface area contributed by atoms with Crippen LogP contribution in [0.25, 0.3) is 10.4 Å². The molecule has 0 fully saturated rings. The van der Waals surface area contributed by atoms with Gasteiger partial charge in [-0.25, -0.2) is 4.79 Å². The highest BCUT2D eigenvalue weighted by Crippen LogP contribution is 2.18. The summed E-state index contributed by atoms with van der Waals surface area (Å²) in [4.78, 5) is 13.8. The van der Waals surface area contributed by atoms with Crippen molar-refractivity contribution in [2.24, 2.45) is 5.11 Å². The van der Waals surface area contributed by atoms with Gasteiger partial charge in [0.15, 0.2) is 0 Å². The Kier molecular flexibility index (Phi) is 8.23. The number of rotatable bonds is 10. The fourth-order valence-electron chi connectivity index (χ4n) is 1.70. The Balaban J connectivity index is 2.04. The van der Waals surface area contributed by atoms with Crippen LogP contribution >= 0.6 is 0 Å². The SMILES string of the molecule is C=C(C)C(=O)OCCCCCCOc1ccc(N=[N+]=[N-])cc1. The number of benzene rings is 1. The Bertz CT molecular complexity index is 534. The third kappa shape index (κ3) is 7.36. The first-order chi connectivity index (χ1) is 10.6. The van der Waals surface area contributed by atoms with Crippen LogP contribution in [0.15, 0.2) is 41.5 Å². The van der Waals surface area contributed by atoms with Crippen molar-refractivity contribution in [3.05, 3.63) is 46.9 Å². The summed E-state index contributed by atoms with van der Waals surface area (Å²) in [6, 6.07) is 6.98. The highest BCUT2D eigenvalue weighted by Gasteiger charge is 2.01. The second-order valence-corrected chi connectivity index (χ2v) is 4.86. The average Bonchev–Trinajstić information content (AvgIpc) is 2.51. The first-order valence-corrected chi connectivity index (χ1v) is 7.24. The summed E-state index contributed by atoms with van der Waals surface area (Å²) in [5.41, 5.74) is 9.30. The molecule has 0 radical (unpaired) electrons. The average molecular weight is 303 g/mol. The predicted molar refractivity (Wildman–Crippen MR) is 85.0 cm³/mol. The molecule has 0 amide bonds. The largest absolute Gasteiger partial charge is 0.494 e. The molecule has 0 aliphatic rings. The molecule has 0 unspecified atom stereocenters. The fraction of sp³-hybridized carbons (Fsp3) is 0.438. The number of azide groups is 1. The number of carbonyl (C=O) groups is 1. The third-order valence-corrected chi connectivity index (χ3v) is 2.89. The van der Waals surface area contributed by atoms with Gasteiger partial charge in [0, 0.05) is 16.2 Å². The van der Waals surface area contributed by atoms with Gasteiger partial charge in [0.05, 0.1) is 13.2 Å². The first-order valence-electron chi connectivity index (χ1n) is 7.24. The van der Waals surface area contributed by atoms with Gasteiger partial charge in [0.25, 0.3) is 0 Å². The molecule has 0 aliphatic heterocycles. The van der Waals surface area contributed by atoms with Gasteiger partial charge in [-0.15, -0.1) is 0 Å². The smallest absolute Gasteiger partial charge is 0.333 e. The molecule has 0 heterocycles. The molecule has 0 bridgehead atoms. The molecule has 0 aromatic heterocycles. The van der Waals surface area contributed by atoms with E-state index in [1.807, 2.05) is 0 Å². The number of nitrogens with zero attached hydrogens (tertiary/aromatic N) is 3. The van der Waals surface area contributed by atoms with Crippen molar-refractivity contribution in [3.8, 4) is 5.75 Å². The van der Waals surface area contributed by atoms with Crippen LogP contribution < -0.4 is 4.74 Å². The van der Waals surface area contributed by atoms with Crippen molar-refractivity contribution in [2.45, 2.75) is 32.6 Å². The van der Waals surface area contributed by atoms with Crippen molar-refractivity contribution in [2.75, 3.05) is 13.2 Å². The van der Waals surface area contributed by atoms with Crippen LogP contribution in [0.2, 0.25) is 0 Å². The van der Waals surface area contributed by atoms with Crippen LogP contribution in [0.4, 0.5) is 5.69 Å². The van der Waals surface area contributed by atoms with Crippen LogP contribution in [0.5, 0.6) is 5.75 Å². The summed E-state index contributed by atoms with van der Waals surface area (Å²) in [5, 5.41) is 3.49. The van der Waals surface area contributed by atoms with Crippen LogP contribution in [0, 0.1) is 0 Å². The molecule has 0 spiro atoms. The molecule has 0 N–H and O–H groups in total. The molecule has 0 atom stereocenters. The van der Waals surface area contributed by atoms with Gasteiger partial charge in [0.2, 0.25) is 0 Å². The van der Waals surface area contributed by atoms with Crippen molar-refractivity contribution in [3.63, 3.8) is 0 Å². The molecule has 22 heavy (non-hydrogen) atoms. The van der Waals surface area contributed by atoms with E-state index < -0.39 is 0 Å². The minimum absolute atomic E-state index is 0.326. The first kappa shape index (κ1) is 17.6. The van der Waals surface area contributed by atoms with E-state index in [-0.39, 0.29) is 5.97 Å². The van der Waals surface area contributed by atoms with Gasteiger partial charge in [0.1, 0.15) is 5.75 Å². The van der Waals surface area contributed by atoms with Crippen molar-refractivity contribution in [1.29, 1.82) is 0 Å². The lowest BCUT2D eigenvalue weighted by Crippen LogP contribution is -2.06. The number of carbonyl (C=O) groups excluding carboxylic acids is 1. The van der Waals surface area contributed by atoms with Crippen LogP contribution in [0.3, 0.4) is 0 Å². The zero-order valence-electron chi connectivity index (χ0n) is 12.8. The number of hydrogen-bond acceptors (Lipinski definition) is 4. The minimum Gasteiger partial charge on any atom is -0.494 e. The molecule has 118 valence electrons. The molecule has 1 aromatic carbocycles. The zero-order chi connectivity index (χ0) is 16.2. The Morgan fingerprint density at radius 1 is 1.18 bits per heavy atom. The molecular weight excluding hydrogens is 282 g/mol. The van der Waals surface area contributed by atoms with Gasteiger partial charge < -0.3 is 9.47 Å². The van der Waals surface area contributed by atoms with E-state index in [2.05, 4.69) is 16.6 Å². The molecule has 0 saturated carbocycles. The maximum absolute atomic E-state index is 11.1. The van der Waals surface area contributed by atoms with E-state index in [1.165, 1.54) is 0 Å². The second kappa shape index (κ2) is 10.3. The Hall–Kier alpha value is -2.46.